The minimum Gasteiger partial charge on any atom is -0.477 e. The summed E-state index contributed by atoms with van der Waals surface area (Å²) in [5.74, 6) is 0. The smallest absolute Gasteiger partial charge is 0.131 e. The van der Waals surface area contributed by atoms with Gasteiger partial charge in [0.05, 0.1) is 10.8 Å². The van der Waals surface area contributed by atoms with E-state index < -0.39 is 16.9 Å². The number of rotatable bonds is 5. The summed E-state index contributed by atoms with van der Waals surface area (Å²) >= 11 is 0. The third kappa shape index (κ3) is 2.45. The summed E-state index contributed by atoms with van der Waals surface area (Å²) in [5, 5.41) is 2.60. The predicted octanol–water partition coefficient (Wildman–Crippen LogP) is 2.96. The first-order valence-corrected chi connectivity index (χ1v) is 11.1. The second-order valence-electron chi connectivity index (χ2n) is 4.50. The maximum atomic E-state index is 6.09. The Bertz CT molecular complexity index is 292. The largest absolute Gasteiger partial charge is 0.477 e. The van der Waals surface area contributed by atoms with Gasteiger partial charge in [0.15, 0.2) is 0 Å². The van der Waals surface area contributed by atoms with E-state index in [1.165, 1.54) is 28.9 Å². The molecule has 0 fully saturated rings. The van der Waals surface area contributed by atoms with Crippen molar-refractivity contribution in [1.82, 2.24) is 0 Å². The molecular formula is C12H23OSi2. The van der Waals surface area contributed by atoms with Gasteiger partial charge in [-0.3, -0.25) is 0 Å². The molecule has 0 aliphatic rings. The molecule has 0 aromatic carbocycles. The van der Waals surface area contributed by atoms with E-state index in [2.05, 4.69) is 46.0 Å². The fraction of sp³-hybridized carbons (Fsp3) is 0.667. The molecule has 0 atom stereocenters. The third-order valence-corrected chi connectivity index (χ3v) is 10.3. The van der Waals surface area contributed by atoms with Crippen LogP contribution in [0.5, 0.6) is 0 Å². The quantitative estimate of drug-likeness (QED) is 0.720. The van der Waals surface area contributed by atoms with Crippen molar-refractivity contribution in [3.05, 3.63) is 12.1 Å². The van der Waals surface area contributed by atoms with Gasteiger partial charge in [-0.15, -0.1) is 0 Å². The summed E-state index contributed by atoms with van der Waals surface area (Å²) in [6.45, 7) is 11.6. The van der Waals surface area contributed by atoms with Crippen LogP contribution in [-0.2, 0) is 0 Å². The molecule has 3 heteroatoms. The minimum absolute atomic E-state index is 0.419. The van der Waals surface area contributed by atoms with Crippen molar-refractivity contribution in [1.29, 1.82) is 0 Å². The van der Waals surface area contributed by atoms with Gasteiger partial charge in [-0.2, -0.15) is 0 Å². The lowest BCUT2D eigenvalue weighted by Gasteiger charge is -2.25. The molecule has 0 amide bonds. The van der Waals surface area contributed by atoms with E-state index in [4.69, 9.17) is 4.42 Å². The maximum Gasteiger partial charge on any atom is 0.131 e. The Kier molecular flexibility index (Phi) is 4.40. The van der Waals surface area contributed by atoms with Crippen LogP contribution >= 0.6 is 0 Å². The highest BCUT2D eigenvalue weighted by Crippen LogP contribution is 2.19. The highest BCUT2D eigenvalue weighted by atomic mass is 28.3. The van der Waals surface area contributed by atoms with Crippen LogP contribution in [-0.4, -0.2) is 16.9 Å². The van der Waals surface area contributed by atoms with E-state index in [9.17, 15) is 0 Å². The van der Waals surface area contributed by atoms with Crippen LogP contribution in [0, 0.1) is 0 Å². The molecular weight excluding hydrogens is 216 g/mol. The Labute approximate surface area is 96.5 Å². The first-order chi connectivity index (χ1) is 7.09. The van der Waals surface area contributed by atoms with E-state index in [1.54, 1.807) is 0 Å². The van der Waals surface area contributed by atoms with Crippen LogP contribution in [0.4, 0.5) is 0 Å². The molecule has 0 saturated heterocycles. The van der Waals surface area contributed by atoms with E-state index in [0.717, 1.165) is 0 Å². The molecule has 1 aromatic heterocycles. The van der Waals surface area contributed by atoms with Crippen molar-refractivity contribution < 1.29 is 4.42 Å². The van der Waals surface area contributed by atoms with Crippen molar-refractivity contribution in [2.24, 2.45) is 0 Å². The van der Waals surface area contributed by atoms with Gasteiger partial charge in [-0.25, -0.2) is 0 Å². The topological polar surface area (TPSA) is 13.1 Å². The molecule has 0 aliphatic heterocycles. The molecule has 0 N–H and O–H groups in total. The molecule has 0 bridgehead atoms. The van der Waals surface area contributed by atoms with Crippen LogP contribution in [0.15, 0.2) is 16.5 Å². The van der Waals surface area contributed by atoms with E-state index in [1.807, 2.05) is 0 Å². The minimum atomic E-state index is -1.27. The lowest BCUT2D eigenvalue weighted by atomic mass is 10.7. The zero-order chi connectivity index (χ0) is 11.5. The summed E-state index contributed by atoms with van der Waals surface area (Å²) in [6.07, 6.45) is 0. The zero-order valence-corrected chi connectivity index (χ0v) is 12.7. The Hall–Kier alpha value is -0.286. The monoisotopic (exact) mass is 239 g/mol. The number of hydrogen-bond donors (Lipinski definition) is 0. The molecule has 1 heterocycles. The first-order valence-electron chi connectivity index (χ1n) is 6.00. The summed E-state index contributed by atoms with van der Waals surface area (Å²) in [6, 6.07) is 8.40. The van der Waals surface area contributed by atoms with Crippen molar-refractivity contribution >= 4 is 27.6 Å². The van der Waals surface area contributed by atoms with Gasteiger partial charge in [-0.05, 0) is 12.1 Å². The van der Waals surface area contributed by atoms with Gasteiger partial charge < -0.3 is 4.42 Å². The molecule has 1 rings (SSSR count). The summed E-state index contributed by atoms with van der Waals surface area (Å²) < 4.78 is 6.09. The highest BCUT2D eigenvalue weighted by molar-refractivity contribution is 6.91. The normalized spacial score (nSPS) is 12.4. The molecule has 1 radical (unpaired) electrons. The fourth-order valence-electron chi connectivity index (χ4n) is 2.16. The van der Waals surface area contributed by atoms with Gasteiger partial charge in [0.1, 0.15) is 16.9 Å². The Morgan fingerprint density at radius 1 is 1.07 bits per heavy atom. The van der Waals surface area contributed by atoms with Crippen LogP contribution in [0.25, 0.3) is 0 Å². The zero-order valence-electron chi connectivity index (χ0n) is 10.7. The van der Waals surface area contributed by atoms with Gasteiger partial charge in [0, 0.05) is 0 Å². The second kappa shape index (κ2) is 5.17. The van der Waals surface area contributed by atoms with Gasteiger partial charge in [-0.1, -0.05) is 52.0 Å². The highest BCUT2D eigenvalue weighted by Gasteiger charge is 2.32. The summed E-state index contributed by atoms with van der Waals surface area (Å²) in [4.78, 5) is 0. The van der Waals surface area contributed by atoms with E-state index in [0.29, 0.717) is 0 Å². The Balaban J connectivity index is 3.01. The van der Waals surface area contributed by atoms with Gasteiger partial charge in [0.25, 0.3) is 0 Å². The molecule has 0 spiro atoms. The average Bonchev–Trinajstić information content (AvgIpc) is 2.71. The molecule has 15 heavy (non-hydrogen) atoms. The Morgan fingerprint density at radius 2 is 1.60 bits per heavy atom. The van der Waals surface area contributed by atoms with Crippen LogP contribution in [0.2, 0.25) is 31.2 Å². The second-order valence-corrected chi connectivity index (χ2v) is 12.2. The van der Waals surface area contributed by atoms with Crippen LogP contribution in [0.3, 0.4) is 0 Å². The van der Waals surface area contributed by atoms with E-state index >= 15 is 0 Å². The predicted molar refractivity (Wildman–Crippen MR) is 72.7 cm³/mol. The molecule has 0 aliphatic carbocycles. The van der Waals surface area contributed by atoms with Crippen molar-refractivity contribution in [3.63, 3.8) is 0 Å². The van der Waals surface area contributed by atoms with E-state index in [-0.39, 0.29) is 0 Å². The lowest BCUT2D eigenvalue weighted by Crippen LogP contribution is -2.45. The van der Waals surface area contributed by atoms with Gasteiger partial charge in [0.2, 0.25) is 0 Å². The summed E-state index contributed by atoms with van der Waals surface area (Å²) in [5.41, 5.74) is 0. The molecule has 0 saturated carbocycles. The number of furan rings is 1. The third-order valence-electron chi connectivity index (χ3n) is 3.65. The molecule has 1 aromatic rings. The molecule has 1 nitrogen and oxygen atoms in total. The van der Waals surface area contributed by atoms with Crippen molar-refractivity contribution in [2.45, 2.75) is 52.0 Å². The average molecular weight is 239 g/mol. The standard InChI is InChI=1S/C12H23OSi2/c1-6-15(7-2,8-3)12-10-9-11(13-12)14(4)5/h9-10H,6-8H2,1-5H3. The number of hydrogen-bond acceptors (Lipinski definition) is 1. The van der Waals surface area contributed by atoms with Crippen LogP contribution in [0.1, 0.15) is 20.8 Å². The van der Waals surface area contributed by atoms with Crippen molar-refractivity contribution in [3.8, 4) is 0 Å². The first kappa shape index (κ1) is 12.8. The lowest BCUT2D eigenvalue weighted by molar-refractivity contribution is 0.628. The molecule has 85 valence electrons. The molecule has 0 unspecified atom stereocenters. The summed E-state index contributed by atoms with van der Waals surface area (Å²) in [7, 11) is -1.69. The van der Waals surface area contributed by atoms with Crippen molar-refractivity contribution in [2.75, 3.05) is 0 Å². The van der Waals surface area contributed by atoms with Gasteiger partial charge >= 0.3 is 0 Å². The SMILES string of the molecule is CC[Si](CC)(CC)c1ccc([Si](C)C)o1. The van der Waals surface area contributed by atoms with Crippen LogP contribution < -0.4 is 10.8 Å². The fourth-order valence-corrected chi connectivity index (χ4v) is 6.31. The Morgan fingerprint density at radius 3 is 1.93 bits per heavy atom. The maximum absolute atomic E-state index is 6.09.